The lowest BCUT2D eigenvalue weighted by molar-refractivity contribution is 0.111. The predicted octanol–water partition coefficient (Wildman–Crippen LogP) is 1.90. The number of rotatable bonds is 5. The van der Waals surface area contributed by atoms with E-state index in [0.717, 1.165) is 24.7 Å². The van der Waals surface area contributed by atoms with Crippen LogP contribution in [0, 0.1) is 0 Å². The maximum Gasteiger partial charge on any atom is 0.171 e. The van der Waals surface area contributed by atoms with Gasteiger partial charge in [-0.05, 0) is 30.5 Å². The van der Waals surface area contributed by atoms with E-state index >= 15 is 0 Å². The molecule has 1 saturated carbocycles. The topological polar surface area (TPSA) is 61.5 Å². The molecule has 98 valence electrons. The van der Waals surface area contributed by atoms with Gasteiger partial charge in [0.05, 0.1) is 19.8 Å². The van der Waals surface area contributed by atoms with Crippen LogP contribution in [0.25, 0.3) is 0 Å². The predicted molar refractivity (Wildman–Crippen MR) is 69.5 cm³/mol. The van der Waals surface area contributed by atoms with Gasteiger partial charge in [0.2, 0.25) is 0 Å². The van der Waals surface area contributed by atoms with E-state index in [2.05, 4.69) is 0 Å². The third-order valence-electron chi connectivity index (χ3n) is 3.95. The number of ether oxygens (including phenoxy) is 2. The molecule has 0 aromatic heterocycles. The first-order valence-corrected chi connectivity index (χ1v) is 6.12. The van der Waals surface area contributed by atoms with Crippen molar-refractivity contribution in [2.24, 2.45) is 5.73 Å². The molecular weight excluding hydrogens is 230 g/mol. The second-order valence-electron chi connectivity index (χ2n) is 4.76. The standard InChI is InChI=1S/C14H19NO3/c1-17-12-7-11(14(9-15)4-3-5-14)6-10(8-16)13(12)18-2/h6-8H,3-5,9,15H2,1-2H3. The number of carbonyl (C=O) groups is 1. The molecule has 2 N–H and O–H groups in total. The lowest BCUT2D eigenvalue weighted by Crippen LogP contribution is -2.41. The molecule has 4 nitrogen and oxygen atoms in total. The van der Waals surface area contributed by atoms with Crippen molar-refractivity contribution in [3.63, 3.8) is 0 Å². The van der Waals surface area contributed by atoms with Gasteiger partial charge in [-0.3, -0.25) is 4.79 Å². The summed E-state index contributed by atoms with van der Waals surface area (Å²) in [5, 5.41) is 0. The monoisotopic (exact) mass is 249 g/mol. The lowest BCUT2D eigenvalue weighted by Gasteiger charge is -2.41. The van der Waals surface area contributed by atoms with E-state index in [4.69, 9.17) is 15.2 Å². The van der Waals surface area contributed by atoms with Crippen LogP contribution in [0.1, 0.15) is 35.2 Å². The Balaban J connectivity index is 2.53. The third kappa shape index (κ3) is 1.86. The zero-order valence-corrected chi connectivity index (χ0v) is 10.9. The van der Waals surface area contributed by atoms with Gasteiger partial charge in [-0.1, -0.05) is 6.42 Å². The first-order chi connectivity index (χ1) is 8.70. The zero-order valence-electron chi connectivity index (χ0n) is 10.9. The number of aldehydes is 1. The van der Waals surface area contributed by atoms with Crippen molar-refractivity contribution in [2.45, 2.75) is 24.7 Å². The molecule has 2 rings (SSSR count). The fourth-order valence-electron chi connectivity index (χ4n) is 2.60. The quantitative estimate of drug-likeness (QED) is 0.810. The van der Waals surface area contributed by atoms with Crippen LogP contribution in [0.4, 0.5) is 0 Å². The van der Waals surface area contributed by atoms with Crippen LogP contribution in [-0.4, -0.2) is 27.1 Å². The average molecular weight is 249 g/mol. The van der Waals surface area contributed by atoms with Crippen LogP contribution in [0.15, 0.2) is 12.1 Å². The van der Waals surface area contributed by atoms with E-state index in [0.29, 0.717) is 23.6 Å². The molecule has 1 aliphatic rings. The minimum atomic E-state index is 0.0112. The zero-order chi connectivity index (χ0) is 13.2. The highest BCUT2D eigenvalue weighted by atomic mass is 16.5. The van der Waals surface area contributed by atoms with Crippen LogP contribution in [0.5, 0.6) is 11.5 Å². The van der Waals surface area contributed by atoms with Crippen molar-refractivity contribution in [1.29, 1.82) is 0 Å². The number of carbonyl (C=O) groups excluding carboxylic acids is 1. The number of benzene rings is 1. The van der Waals surface area contributed by atoms with Gasteiger partial charge in [0, 0.05) is 12.0 Å². The maximum atomic E-state index is 11.2. The summed E-state index contributed by atoms with van der Waals surface area (Å²) in [4.78, 5) is 11.2. The highest BCUT2D eigenvalue weighted by Gasteiger charge is 2.38. The summed E-state index contributed by atoms with van der Waals surface area (Å²) in [5.74, 6) is 1.08. The summed E-state index contributed by atoms with van der Waals surface area (Å²) in [6.07, 6.45) is 4.12. The molecule has 1 aromatic rings. The van der Waals surface area contributed by atoms with Crippen LogP contribution in [-0.2, 0) is 5.41 Å². The fraction of sp³-hybridized carbons (Fsp3) is 0.500. The average Bonchev–Trinajstić information content (AvgIpc) is 2.36. The summed E-state index contributed by atoms with van der Waals surface area (Å²) in [7, 11) is 3.11. The molecule has 0 spiro atoms. The highest BCUT2D eigenvalue weighted by Crippen LogP contribution is 2.45. The lowest BCUT2D eigenvalue weighted by atomic mass is 9.64. The van der Waals surface area contributed by atoms with Gasteiger partial charge in [-0.25, -0.2) is 0 Å². The van der Waals surface area contributed by atoms with Crippen molar-refractivity contribution in [3.05, 3.63) is 23.3 Å². The minimum Gasteiger partial charge on any atom is -0.493 e. The molecule has 1 aliphatic carbocycles. The number of hydrogen-bond donors (Lipinski definition) is 1. The Morgan fingerprint density at radius 3 is 2.44 bits per heavy atom. The molecule has 18 heavy (non-hydrogen) atoms. The second-order valence-corrected chi connectivity index (χ2v) is 4.76. The molecule has 0 radical (unpaired) electrons. The number of methoxy groups -OCH3 is 2. The van der Waals surface area contributed by atoms with Crippen molar-refractivity contribution >= 4 is 6.29 Å². The summed E-state index contributed by atoms with van der Waals surface area (Å²) in [6, 6.07) is 3.82. The van der Waals surface area contributed by atoms with Crippen molar-refractivity contribution < 1.29 is 14.3 Å². The fourth-order valence-corrected chi connectivity index (χ4v) is 2.60. The van der Waals surface area contributed by atoms with E-state index < -0.39 is 0 Å². The molecule has 0 saturated heterocycles. The third-order valence-corrected chi connectivity index (χ3v) is 3.95. The number of hydrogen-bond acceptors (Lipinski definition) is 4. The molecule has 0 heterocycles. The molecule has 0 atom stereocenters. The maximum absolute atomic E-state index is 11.2. The summed E-state index contributed by atoms with van der Waals surface area (Å²) in [6.45, 7) is 0.598. The van der Waals surface area contributed by atoms with Crippen LogP contribution in [0.2, 0.25) is 0 Å². The van der Waals surface area contributed by atoms with Crippen LogP contribution in [0.3, 0.4) is 0 Å². The van der Waals surface area contributed by atoms with E-state index in [1.54, 1.807) is 7.11 Å². The molecule has 1 fully saturated rings. The molecule has 0 aliphatic heterocycles. The van der Waals surface area contributed by atoms with Gasteiger partial charge in [0.15, 0.2) is 17.8 Å². The van der Waals surface area contributed by atoms with Crippen molar-refractivity contribution in [1.82, 2.24) is 0 Å². The molecule has 0 amide bonds. The summed E-state index contributed by atoms with van der Waals surface area (Å²) < 4.78 is 10.5. The highest BCUT2D eigenvalue weighted by molar-refractivity contribution is 5.82. The van der Waals surface area contributed by atoms with E-state index in [-0.39, 0.29) is 5.41 Å². The Bertz CT molecular complexity index is 447. The minimum absolute atomic E-state index is 0.0112. The molecule has 0 bridgehead atoms. The smallest absolute Gasteiger partial charge is 0.171 e. The molecule has 1 aromatic carbocycles. The summed E-state index contributed by atoms with van der Waals surface area (Å²) in [5.41, 5.74) is 7.50. The van der Waals surface area contributed by atoms with Gasteiger partial charge in [0.25, 0.3) is 0 Å². The second kappa shape index (κ2) is 4.98. The normalized spacial score (nSPS) is 16.8. The van der Waals surface area contributed by atoms with Crippen molar-refractivity contribution in [3.8, 4) is 11.5 Å². The van der Waals surface area contributed by atoms with E-state index in [1.165, 1.54) is 13.5 Å². The van der Waals surface area contributed by atoms with Crippen LogP contribution >= 0.6 is 0 Å². The Kier molecular flexibility index (Phi) is 3.57. The van der Waals surface area contributed by atoms with Gasteiger partial charge in [-0.2, -0.15) is 0 Å². The van der Waals surface area contributed by atoms with Crippen LogP contribution < -0.4 is 15.2 Å². The van der Waals surface area contributed by atoms with Crippen molar-refractivity contribution in [2.75, 3.05) is 20.8 Å². The number of nitrogens with two attached hydrogens (primary N) is 1. The Morgan fingerprint density at radius 1 is 1.33 bits per heavy atom. The van der Waals surface area contributed by atoms with E-state index in [9.17, 15) is 4.79 Å². The molecule has 4 heteroatoms. The van der Waals surface area contributed by atoms with Gasteiger partial charge in [-0.15, -0.1) is 0 Å². The van der Waals surface area contributed by atoms with Gasteiger partial charge in [0.1, 0.15) is 0 Å². The first kappa shape index (κ1) is 12.9. The SMILES string of the molecule is COc1cc(C2(CN)CCC2)cc(C=O)c1OC. The molecule has 0 unspecified atom stereocenters. The Morgan fingerprint density at radius 2 is 2.06 bits per heavy atom. The Labute approximate surface area is 107 Å². The first-order valence-electron chi connectivity index (χ1n) is 6.12. The summed E-state index contributed by atoms with van der Waals surface area (Å²) >= 11 is 0. The Hall–Kier alpha value is -1.55. The largest absolute Gasteiger partial charge is 0.493 e. The van der Waals surface area contributed by atoms with Gasteiger partial charge < -0.3 is 15.2 Å². The van der Waals surface area contributed by atoms with E-state index in [1.807, 2.05) is 12.1 Å². The van der Waals surface area contributed by atoms with Gasteiger partial charge >= 0.3 is 0 Å². The molecular formula is C14H19NO3.